The molecule has 0 atom stereocenters. The molecular weight excluding hydrogens is 330 g/mol. The van der Waals surface area contributed by atoms with Crippen LogP contribution in [0.3, 0.4) is 0 Å². The minimum absolute atomic E-state index is 0.107. The number of anilines is 1. The van der Waals surface area contributed by atoms with Gasteiger partial charge in [-0.3, -0.25) is 14.5 Å². The van der Waals surface area contributed by atoms with Gasteiger partial charge >= 0.3 is 6.03 Å². The first kappa shape index (κ1) is 17.7. The number of nitrogens with zero attached hydrogens (tertiary/aromatic N) is 2. The van der Waals surface area contributed by atoms with Crippen molar-refractivity contribution in [1.29, 1.82) is 0 Å². The van der Waals surface area contributed by atoms with Gasteiger partial charge in [0.15, 0.2) is 0 Å². The van der Waals surface area contributed by atoms with E-state index >= 15 is 0 Å². The van der Waals surface area contributed by atoms with Crippen molar-refractivity contribution in [3.05, 3.63) is 54.6 Å². The summed E-state index contributed by atoms with van der Waals surface area (Å²) in [6.45, 7) is 0.366. The number of urea groups is 1. The summed E-state index contributed by atoms with van der Waals surface area (Å²) in [5, 5.41) is 2.93. The Balaban J connectivity index is 1.58. The molecule has 0 unspecified atom stereocenters. The standard InChI is InChI=1S/C20H21N3O3/c1-22-14-19(25)23(20(22)26)13-7-12-18(24)21-17-11-6-5-10-16(17)15-8-3-2-4-9-15/h2-6,8-11H,7,12-14H2,1H3,(H,21,24). The van der Waals surface area contributed by atoms with E-state index in [2.05, 4.69) is 5.32 Å². The summed E-state index contributed by atoms with van der Waals surface area (Å²) < 4.78 is 0. The number of hydrogen-bond donors (Lipinski definition) is 1. The number of carbonyl (C=O) groups is 3. The molecule has 6 heteroatoms. The first-order chi connectivity index (χ1) is 12.6. The van der Waals surface area contributed by atoms with Crippen LogP contribution in [0.1, 0.15) is 12.8 Å². The molecule has 1 fully saturated rings. The molecule has 0 aliphatic carbocycles. The summed E-state index contributed by atoms with van der Waals surface area (Å²) in [5.41, 5.74) is 2.73. The van der Waals surface area contributed by atoms with Crippen molar-refractivity contribution in [2.45, 2.75) is 12.8 Å². The number of nitrogens with one attached hydrogen (secondary N) is 1. The Labute approximate surface area is 152 Å². The number of likely N-dealkylation sites (N-methyl/N-ethyl adjacent to an activating group) is 1. The first-order valence-electron chi connectivity index (χ1n) is 8.56. The van der Waals surface area contributed by atoms with Crippen LogP contribution in [-0.4, -0.2) is 47.8 Å². The fourth-order valence-corrected chi connectivity index (χ4v) is 2.96. The van der Waals surface area contributed by atoms with Crippen molar-refractivity contribution >= 4 is 23.5 Å². The molecule has 2 aromatic rings. The van der Waals surface area contributed by atoms with E-state index < -0.39 is 0 Å². The molecule has 1 aliphatic rings. The molecule has 1 saturated heterocycles. The second-order valence-electron chi connectivity index (χ2n) is 6.25. The molecule has 2 aromatic carbocycles. The van der Waals surface area contributed by atoms with Gasteiger partial charge in [-0.25, -0.2) is 4.79 Å². The third-order valence-electron chi connectivity index (χ3n) is 4.30. The summed E-state index contributed by atoms with van der Waals surface area (Å²) in [5.74, 6) is -0.354. The lowest BCUT2D eigenvalue weighted by Crippen LogP contribution is -2.32. The van der Waals surface area contributed by atoms with Crippen LogP contribution in [-0.2, 0) is 9.59 Å². The summed E-state index contributed by atoms with van der Waals surface area (Å²) in [6.07, 6.45) is 0.675. The minimum atomic E-state index is -0.301. The van der Waals surface area contributed by atoms with Crippen LogP contribution < -0.4 is 5.32 Å². The highest BCUT2D eigenvalue weighted by Gasteiger charge is 2.32. The van der Waals surface area contributed by atoms with Gasteiger partial charge in [-0.2, -0.15) is 0 Å². The molecule has 6 nitrogen and oxygen atoms in total. The van der Waals surface area contributed by atoms with Gasteiger partial charge in [0.1, 0.15) is 6.54 Å². The molecule has 0 spiro atoms. The Morgan fingerprint density at radius 1 is 1.04 bits per heavy atom. The molecule has 0 saturated carbocycles. The van der Waals surface area contributed by atoms with E-state index in [-0.39, 0.29) is 37.4 Å². The molecule has 1 heterocycles. The SMILES string of the molecule is CN1CC(=O)N(CCCC(=O)Nc2ccccc2-c2ccccc2)C1=O. The Hall–Kier alpha value is -3.15. The van der Waals surface area contributed by atoms with Crippen LogP contribution in [0, 0.1) is 0 Å². The third kappa shape index (κ3) is 3.91. The average molecular weight is 351 g/mol. The monoisotopic (exact) mass is 351 g/mol. The molecule has 26 heavy (non-hydrogen) atoms. The van der Waals surface area contributed by atoms with Gasteiger partial charge in [0, 0.05) is 31.3 Å². The number of carbonyl (C=O) groups excluding carboxylic acids is 3. The maximum absolute atomic E-state index is 12.3. The highest BCUT2D eigenvalue weighted by molar-refractivity contribution is 6.02. The minimum Gasteiger partial charge on any atom is -0.326 e. The van der Waals surface area contributed by atoms with Crippen molar-refractivity contribution in [2.24, 2.45) is 0 Å². The first-order valence-corrected chi connectivity index (χ1v) is 8.56. The lowest BCUT2D eigenvalue weighted by atomic mass is 10.0. The van der Waals surface area contributed by atoms with Crippen LogP contribution in [0.2, 0.25) is 0 Å². The molecule has 1 N–H and O–H groups in total. The number of para-hydroxylation sites is 1. The van der Waals surface area contributed by atoms with E-state index in [1.54, 1.807) is 7.05 Å². The van der Waals surface area contributed by atoms with Gasteiger partial charge < -0.3 is 10.2 Å². The maximum Gasteiger partial charge on any atom is 0.326 e. The van der Waals surface area contributed by atoms with Gasteiger partial charge in [0.05, 0.1) is 0 Å². The highest BCUT2D eigenvalue weighted by atomic mass is 16.2. The fraction of sp³-hybridized carbons (Fsp3) is 0.250. The molecule has 3 rings (SSSR count). The van der Waals surface area contributed by atoms with Crippen LogP contribution in [0.15, 0.2) is 54.6 Å². The van der Waals surface area contributed by atoms with Crippen molar-refractivity contribution in [3.63, 3.8) is 0 Å². The number of benzene rings is 2. The van der Waals surface area contributed by atoms with E-state index in [9.17, 15) is 14.4 Å². The fourth-order valence-electron chi connectivity index (χ4n) is 2.96. The third-order valence-corrected chi connectivity index (χ3v) is 4.30. The summed E-state index contributed by atoms with van der Waals surface area (Å²) >= 11 is 0. The zero-order valence-electron chi connectivity index (χ0n) is 14.6. The van der Waals surface area contributed by atoms with Gasteiger partial charge in [-0.15, -0.1) is 0 Å². The normalized spacial score (nSPS) is 14.0. The van der Waals surface area contributed by atoms with E-state index in [1.165, 1.54) is 9.80 Å². The van der Waals surface area contributed by atoms with E-state index in [1.807, 2.05) is 54.6 Å². The van der Waals surface area contributed by atoms with Gasteiger partial charge in [-0.1, -0.05) is 48.5 Å². The molecule has 0 aromatic heterocycles. The lowest BCUT2D eigenvalue weighted by molar-refractivity contribution is -0.125. The second-order valence-corrected chi connectivity index (χ2v) is 6.25. The van der Waals surface area contributed by atoms with E-state index in [0.29, 0.717) is 6.42 Å². The number of amides is 4. The van der Waals surface area contributed by atoms with Crippen LogP contribution >= 0.6 is 0 Å². The highest BCUT2D eigenvalue weighted by Crippen LogP contribution is 2.27. The van der Waals surface area contributed by atoms with Crippen molar-refractivity contribution in [1.82, 2.24) is 9.80 Å². The predicted octanol–water partition coefficient (Wildman–Crippen LogP) is 2.97. The zero-order valence-corrected chi connectivity index (χ0v) is 14.6. The Bertz CT molecular complexity index is 820. The predicted molar refractivity (Wildman–Crippen MR) is 99.5 cm³/mol. The molecule has 134 valence electrons. The number of rotatable bonds is 6. The summed E-state index contributed by atoms with van der Waals surface area (Å²) in [6, 6.07) is 17.2. The topological polar surface area (TPSA) is 69.7 Å². The van der Waals surface area contributed by atoms with Crippen molar-refractivity contribution in [3.8, 4) is 11.1 Å². The zero-order chi connectivity index (χ0) is 18.5. The number of imide groups is 1. The second kappa shape index (κ2) is 7.82. The molecule has 0 radical (unpaired) electrons. The molecule has 4 amide bonds. The quantitative estimate of drug-likeness (QED) is 0.814. The Morgan fingerprint density at radius 2 is 1.73 bits per heavy atom. The van der Waals surface area contributed by atoms with Gasteiger partial charge in [0.2, 0.25) is 11.8 Å². The van der Waals surface area contributed by atoms with Crippen LogP contribution in [0.25, 0.3) is 11.1 Å². The van der Waals surface area contributed by atoms with Gasteiger partial charge in [0.25, 0.3) is 0 Å². The largest absolute Gasteiger partial charge is 0.326 e. The van der Waals surface area contributed by atoms with E-state index in [4.69, 9.17) is 0 Å². The smallest absolute Gasteiger partial charge is 0.326 e. The van der Waals surface area contributed by atoms with Crippen LogP contribution in [0.4, 0.5) is 10.5 Å². The lowest BCUT2D eigenvalue weighted by Gasteiger charge is -2.14. The maximum atomic E-state index is 12.3. The van der Waals surface area contributed by atoms with Crippen molar-refractivity contribution in [2.75, 3.05) is 25.5 Å². The van der Waals surface area contributed by atoms with Crippen molar-refractivity contribution < 1.29 is 14.4 Å². The summed E-state index contributed by atoms with van der Waals surface area (Å²) in [7, 11) is 1.59. The molecular formula is C20H21N3O3. The average Bonchev–Trinajstić information content (AvgIpc) is 2.89. The number of hydrogen-bond acceptors (Lipinski definition) is 3. The van der Waals surface area contributed by atoms with Gasteiger partial charge in [-0.05, 0) is 18.1 Å². The Kier molecular flexibility index (Phi) is 5.31. The van der Waals surface area contributed by atoms with Crippen LogP contribution in [0.5, 0.6) is 0 Å². The summed E-state index contributed by atoms with van der Waals surface area (Å²) in [4.78, 5) is 38.4. The van der Waals surface area contributed by atoms with E-state index in [0.717, 1.165) is 16.8 Å². The molecule has 1 aliphatic heterocycles. The molecule has 0 bridgehead atoms. The Morgan fingerprint density at radius 3 is 2.42 bits per heavy atom.